The molecule has 0 aliphatic carbocycles. The number of aryl methyl sites for hydroxylation is 1. The lowest BCUT2D eigenvalue weighted by Gasteiger charge is -2.10. The van der Waals surface area contributed by atoms with Gasteiger partial charge in [-0.15, -0.1) is 15.3 Å². The van der Waals surface area contributed by atoms with E-state index in [-0.39, 0.29) is 17.1 Å². The number of fused-ring (bicyclic) bond motifs is 3. The number of nitrogens with one attached hydrogen (secondary N) is 2. The minimum absolute atomic E-state index is 0.139. The molecule has 0 spiro atoms. The Morgan fingerprint density at radius 2 is 0.943 bits per heavy atom. The molecule has 4 N–H and O–H groups in total. The number of pyridine rings is 6. The second-order valence-electron chi connectivity index (χ2n) is 18.4. The summed E-state index contributed by atoms with van der Waals surface area (Å²) in [6, 6.07) is 35.9. The van der Waals surface area contributed by atoms with Gasteiger partial charge in [0.25, 0.3) is 0 Å². The number of benzene rings is 1. The predicted molar refractivity (Wildman–Crippen MR) is 328 cm³/mol. The number of anilines is 5. The molecule has 12 heterocycles. The first-order valence-corrected chi connectivity index (χ1v) is 26.7. The van der Waals surface area contributed by atoms with E-state index in [1.807, 2.05) is 85.3 Å². The van der Waals surface area contributed by atoms with Crippen molar-refractivity contribution in [1.82, 2.24) is 73.7 Å². The maximum Gasteiger partial charge on any atom is 0.247 e. The van der Waals surface area contributed by atoms with Crippen molar-refractivity contribution >= 4 is 57.4 Å². The van der Waals surface area contributed by atoms with Crippen LogP contribution in [0.3, 0.4) is 0 Å². The number of para-hydroxylation sites is 1. The number of methoxy groups -OCH3 is 3. The molecule has 1 aromatic carbocycles. The second-order valence-corrected chi connectivity index (χ2v) is 18.4. The maximum absolute atomic E-state index is 14.1. The van der Waals surface area contributed by atoms with Crippen LogP contribution >= 0.6 is 0 Å². The van der Waals surface area contributed by atoms with Crippen molar-refractivity contribution in [1.29, 1.82) is 0 Å². The van der Waals surface area contributed by atoms with Crippen LogP contribution in [0.15, 0.2) is 190 Å². The molecule has 0 unspecified atom stereocenters. The number of halogens is 3. The third-order valence-corrected chi connectivity index (χ3v) is 12.6. The van der Waals surface area contributed by atoms with E-state index in [2.05, 4.69) is 90.9 Å². The van der Waals surface area contributed by atoms with E-state index < -0.39 is 17.5 Å². The predicted octanol–water partition coefficient (Wildman–Crippen LogP) is 12.4. The quantitative estimate of drug-likeness (QED) is 0.0862. The summed E-state index contributed by atoms with van der Waals surface area (Å²) in [4.78, 5) is 37.9. The summed E-state index contributed by atoms with van der Waals surface area (Å²) in [6.45, 7) is 9.65. The molecule has 0 aliphatic rings. The van der Waals surface area contributed by atoms with E-state index in [1.165, 1.54) is 37.8 Å². The minimum atomic E-state index is -0.481. The first-order chi connectivity index (χ1) is 42.9. The number of rotatable bonds is 15. The average molecular weight is 1180 g/mol. The van der Waals surface area contributed by atoms with Crippen LogP contribution in [0.2, 0.25) is 0 Å². The van der Waals surface area contributed by atoms with Crippen LogP contribution in [0.5, 0.6) is 29.3 Å². The molecule has 12 aromatic heterocycles. The number of nitrogens with zero attached hydrogens (tertiary/aromatic N) is 15. The Balaban J connectivity index is 0.000000137. The Kier molecular flexibility index (Phi) is 18.4. The zero-order chi connectivity index (χ0) is 61.5. The molecule has 0 atom stereocenters. The molecule has 0 saturated heterocycles. The number of ether oxygens (including phenoxy) is 4. The van der Waals surface area contributed by atoms with Gasteiger partial charge in [-0.2, -0.15) is 4.98 Å². The number of nitrogen functional groups attached to an aromatic ring is 1. The fraction of sp³-hybridized carbons (Fsp3) is 0.0794. The second kappa shape index (κ2) is 27.5. The standard InChI is InChI=1S/C20H16N4O2.C19H17FN6O.C19H15FN6O.C5H5FN2/c1-3-14-12-17-20(26-15-8-5-4-6-9-15)22-19(23-24(17)13-14)16-10-7-11-18(21-16)25-2;2*1-3-12-9-16-19(23-14-7-8-21-10-13(14)20)24-18(25-26(16)11-12)15-5-4-6-17(22-15)27-2;6-4-3-8-2-1-5(4)7/h3-13H,1H2,2H3;4-11H,3H2,1-2H3,(H,21,23,24,25);3-11H,1H2,2H3,(H,21,23,24,25);1-3H,(H2,7,8). The van der Waals surface area contributed by atoms with Gasteiger partial charge in [-0.05, 0) is 89.8 Å². The molecule has 0 amide bonds. The lowest BCUT2D eigenvalue weighted by Crippen LogP contribution is -2.05. The lowest BCUT2D eigenvalue weighted by atomic mass is 10.2. The van der Waals surface area contributed by atoms with Crippen molar-refractivity contribution in [3.05, 3.63) is 224 Å². The van der Waals surface area contributed by atoms with E-state index >= 15 is 0 Å². The molecular weight excluding hydrogens is 1130 g/mol. The van der Waals surface area contributed by atoms with E-state index in [9.17, 15) is 13.2 Å². The summed E-state index contributed by atoms with van der Waals surface area (Å²) in [5.74, 6) is 3.26. The average Bonchev–Trinajstić information content (AvgIpc) is 1.87. The van der Waals surface area contributed by atoms with Crippen LogP contribution in [0, 0.1) is 17.5 Å². The van der Waals surface area contributed by atoms with Gasteiger partial charge < -0.3 is 35.3 Å². The van der Waals surface area contributed by atoms with Gasteiger partial charge >= 0.3 is 0 Å². The third kappa shape index (κ3) is 14.1. The fourth-order valence-corrected chi connectivity index (χ4v) is 8.22. The van der Waals surface area contributed by atoms with Crippen molar-refractivity contribution in [2.75, 3.05) is 37.7 Å². The topological polar surface area (TPSA) is 255 Å². The van der Waals surface area contributed by atoms with Gasteiger partial charge in [0.1, 0.15) is 39.4 Å². The van der Waals surface area contributed by atoms with Crippen molar-refractivity contribution in [3.63, 3.8) is 0 Å². The highest BCUT2D eigenvalue weighted by Crippen LogP contribution is 2.31. The van der Waals surface area contributed by atoms with Gasteiger partial charge in [-0.3, -0.25) is 15.0 Å². The van der Waals surface area contributed by atoms with Crippen LogP contribution < -0.4 is 35.3 Å². The van der Waals surface area contributed by atoms with E-state index in [0.717, 1.165) is 52.7 Å². The van der Waals surface area contributed by atoms with Gasteiger partial charge in [-0.25, -0.2) is 51.6 Å². The van der Waals surface area contributed by atoms with Crippen LogP contribution in [-0.2, 0) is 6.42 Å². The summed E-state index contributed by atoms with van der Waals surface area (Å²) in [6.07, 6.45) is 17.7. The molecule has 0 aliphatic heterocycles. The highest BCUT2D eigenvalue weighted by atomic mass is 19.1. The molecule has 13 aromatic rings. The van der Waals surface area contributed by atoms with Gasteiger partial charge in [0.15, 0.2) is 29.1 Å². The summed E-state index contributed by atoms with van der Waals surface area (Å²) in [5, 5.41) is 19.7. The zero-order valence-corrected chi connectivity index (χ0v) is 47.6. The zero-order valence-electron chi connectivity index (χ0n) is 47.6. The van der Waals surface area contributed by atoms with E-state index in [0.29, 0.717) is 81.0 Å². The molecular formula is C63H53F3N18O4. The molecule has 0 radical (unpaired) electrons. The number of hydrogen-bond donors (Lipinski definition) is 3. The molecule has 0 saturated carbocycles. The molecule has 88 heavy (non-hydrogen) atoms. The Bertz CT molecular complexity index is 4560. The van der Waals surface area contributed by atoms with Crippen LogP contribution in [0.25, 0.3) is 63.3 Å². The van der Waals surface area contributed by atoms with Crippen molar-refractivity contribution in [2.24, 2.45) is 0 Å². The third-order valence-electron chi connectivity index (χ3n) is 12.6. The van der Waals surface area contributed by atoms with E-state index in [4.69, 9.17) is 24.7 Å². The first-order valence-electron chi connectivity index (χ1n) is 26.7. The summed E-state index contributed by atoms with van der Waals surface area (Å²) in [7, 11) is 4.66. The molecule has 13 rings (SSSR count). The van der Waals surface area contributed by atoms with Crippen LogP contribution in [0.1, 0.15) is 23.6 Å². The molecule has 440 valence electrons. The molecule has 0 bridgehead atoms. The normalized spacial score (nSPS) is 10.6. The number of hydrogen-bond acceptors (Lipinski definition) is 19. The van der Waals surface area contributed by atoms with Crippen molar-refractivity contribution in [2.45, 2.75) is 13.3 Å². The maximum atomic E-state index is 14.1. The van der Waals surface area contributed by atoms with Gasteiger partial charge in [0.05, 0.1) is 57.0 Å². The van der Waals surface area contributed by atoms with Gasteiger partial charge in [0, 0.05) is 55.4 Å². The monoisotopic (exact) mass is 1180 g/mol. The smallest absolute Gasteiger partial charge is 0.247 e. The SMILES string of the molecule is C=Cc1cc2c(Nc3ccncc3F)nc(-c3cccc(OC)n3)nn2c1.C=Cc1cc2c(Oc3ccccc3)nc(-c3cccc(OC)n3)nn2c1.CCc1cc2c(Nc3ccncc3F)nc(-c3cccc(OC)n3)nn2c1.Nc1ccncc1F. The Hall–Kier alpha value is -12.2. The number of nitrogens with two attached hydrogens (primary N) is 1. The van der Waals surface area contributed by atoms with Gasteiger partial charge in [0.2, 0.25) is 41.0 Å². The Labute approximate surface area is 500 Å². The molecule has 25 heteroatoms. The van der Waals surface area contributed by atoms with Gasteiger partial charge in [-0.1, -0.05) is 68.6 Å². The van der Waals surface area contributed by atoms with E-state index in [1.54, 1.807) is 82.4 Å². The minimum Gasteiger partial charge on any atom is -0.481 e. The fourth-order valence-electron chi connectivity index (χ4n) is 8.22. The summed E-state index contributed by atoms with van der Waals surface area (Å²) >= 11 is 0. The highest BCUT2D eigenvalue weighted by Gasteiger charge is 2.18. The number of aromatic nitrogens is 15. The first kappa shape index (κ1) is 59.0. The van der Waals surface area contributed by atoms with Crippen molar-refractivity contribution in [3.8, 4) is 63.8 Å². The van der Waals surface area contributed by atoms with Crippen LogP contribution in [-0.4, -0.2) is 95.0 Å². The Morgan fingerprint density at radius 3 is 1.39 bits per heavy atom. The largest absolute Gasteiger partial charge is 0.481 e. The van der Waals surface area contributed by atoms with Crippen LogP contribution in [0.4, 0.5) is 41.9 Å². The lowest BCUT2D eigenvalue weighted by molar-refractivity contribution is 0.398. The Morgan fingerprint density at radius 1 is 0.500 bits per heavy atom. The van der Waals surface area contributed by atoms with Crippen molar-refractivity contribution < 1.29 is 32.1 Å². The molecule has 0 fully saturated rings. The highest BCUT2D eigenvalue weighted by molar-refractivity contribution is 5.78. The summed E-state index contributed by atoms with van der Waals surface area (Å²) in [5.41, 5.74) is 12.5. The molecule has 22 nitrogen and oxygen atoms in total. The summed E-state index contributed by atoms with van der Waals surface area (Å²) < 4.78 is 66.9.